The molecule has 1 aliphatic carbocycles. The zero-order chi connectivity index (χ0) is 13.2. The molecule has 0 radical (unpaired) electrons. The molecule has 0 spiro atoms. The number of aromatic amines is 1. The molecule has 0 aliphatic heterocycles. The largest absolute Gasteiger partial charge is 0.504 e. The van der Waals surface area contributed by atoms with Crippen LogP contribution in [0.3, 0.4) is 0 Å². The zero-order valence-electron chi connectivity index (χ0n) is 10.6. The third kappa shape index (κ3) is 2.28. The predicted molar refractivity (Wildman–Crippen MR) is 70.1 cm³/mol. The number of carbonyl (C=O) groups excluding carboxylic acids is 1. The van der Waals surface area contributed by atoms with Crippen molar-refractivity contribution in [3.8, 4) is 11.5 Å². The fourth-order valence-corrected chi connectivity index (χ4v) is 2.88. The Bertz CT molecular complexity index is 600. The molecule has 0 unspecified atom stereocenters. The van der Waals surface area contributed by atoms with E-state index in [0.29, 0.717) is 17.9 Å². The van der Waals surface area contributed by atoms with Gasteiger partial charge in [0.25, 0.3) is 6.47 Å². The fraction of sp³-hybridized carbons (Fsp3) is 0.429. The van der Waals surface area contributed by atoms with Gasteiger partial charge in [0.1, 0.15) is 0 Å². The minimum atomic E-state index is -0.0708. The van der Waals surface area contributed by atoms with E-state index in [4.69, 9.17) is 4.74 Å². The van der Waals surface area contributed by atoms with Crippen molar-refractivity contribution < 1.29 is 14.6 Å². The van der Waals surface area contributed by atoms with Gasteiger partial charge < -0.3 is 9.84 Å². The van der Waals surface area contributed by atoms with Gasteiger partial charge in [-0.2, -0.15) is 5.10 Å². The van der Waals surface area contributed by atoms with Crippen LogP contribution in [-0.2, 0) is 11.2 Å². The number of H-pyrrole nitrogens is 1. The van der Waals surface area contributed by atoms with Gasteiger partial charge in [0.2, 0.25) is 0 Å². The van der Waals surface area contributed by atoms with E-state index in [1.807, 2.05) is 0 Å². The lowest BCUT2D eigenvalue weighted by Crippen LogP contribution is -1.99. The van der Waals surface area contributed by atoms with Crippen LogP contribution < -0.4 is 4.74 Å². The van der Waals surface area contributed by atoms with Gasteiger partial charge in [-0.25, -0.2) is 0 Å². The van der Waals surface area contributed by atoms with E-state index in [9.17, 15) is 9.90 Å². The number of hydrogen-bond acceptors (Lipinski definition) is 4. The zero-order valence-corrected chi connectivity index (χ0v) is 10.6. The van der Waals surface area contributed by atoms with E-state index in [1.165, 1.54) is 31.7 Å². The van der Waals surface area contributed by atoms with Crippen LogP contribution >= 0.6 is 0 Å². The summed E-state index contributed by atoms with van der Waals surface area (Å²) in [6.07, 6.45) is 6.09. The molecule has 3 rings (SSSR count). The lowest BCUT2D eigenvalue weighted by Gasteiger charge is -2.07. The van der Waals surface area contributed by atoms with Gasteiger partial charge in [0.05, 0.1) is 5.52 Å². The number of aromatic hydroxyl groups is 1. The molecule has 2 N–H and O–H groups in total. The number of rotatable bonds is 4. The third-order valence-corrected chi connectivity index (χ3v) is 3.86. The molecule has 0 atom stereocenters. The van der Waals surface area contributed by atoms with Crippen LogP contribution in [0.15, 0.2) is 12.1 Å². The van der Waals surface area contributed by atoms with E-state index in [0.717, 1.165) is 17.5 Å². The molecular formula is C14H16N2O3. The van der Waals surface area contributed by atoms with Crippen molar-refractivity contribution in [2.75, 3.05) is 0 Å². The van der Waals surface area contributed by atoms with Gasteiger partial charge in [-0.1, -0.05) is 25.7 Å². The van der Waals surface area contributed by atoms with Gasteiger partial charge >= 0.3 is 0 Å². The second-order valence-corrected chi connectivity index (χ2v) is 5.11. The molecule has 1 fully saturated rings. The Morgan fingerprint density at radius 2 is 2.21 bits per heavy atom. The molecular weight excluding hydrogens is 244 g/mol. The first-order valence-electron chi connectivity index (χ1n) is 6.58. The maximum absolute atomic E-state index is 10.4. The summed E-state index contributed by atoms with van der Waals surface area (Å²) in [5.74, 6) is 0.808. The quantitative estimate of drug-likeness (QED) is 0.828. The molecule has 5 nitrogen and oxygen atoms in total. The Kier molecular flexibility index (Phi) is 3.11. The molecule has 100 valence electrons. The van der Waals surface area contributed by atoms with Crippen LogP contribution in [0, 0.1) is 5.92 Å². The van der Waals surface area contributed by atoms with Crippen molar-refractivity contribution in [2.45, 2.75) is 32.1 Å². The molecule has 1 heterocycles. The fourth-order valence-electron chi connectivity index (χ4n) is 2.88. The normalized spacial score (nSPS) is 16.0. The summed E-state index contributed by atoms with van der Waals surface area (Å²) in [5.41, 5.74) is 1.75. The van der Waals surface area contributed by atoms with Gasteiger partial charge in [-0.05, 0) is 18.4 Å². The van der Waals surface area contributed by atoms with Crippen LogP contribution in [0.4, 0.5) is 0 Å². The smallest absolute Gasteiger partial charge is 0.298 e. The van der Waals surface area contributed by atoms with Crippen molar-refractivity contribution in [3.05, 3.63) is 17.8 Å². The summed E-state index contributed by atoms with van der Waals surface area (Å²) >= 11 is 0. The lowest BCUT2D eigenvalue weighted by molar-refractivity contribution is -0.120. The first-order chi connectivity index (χ1) is 9.28. The highest BCUT2D eigenvalue weighted by Gasteiger charge is 2.19. The lowest BCUT2D eigenvalue weighted by atomic mass is 10.00. The summed E-state index contributed by atoms with van der Waals surface area (Å²) in [5, 5.41) is 17.8. The van der Waals surface area contributed by atoms with Crippen LogP contribution in [-0.4, -0.2) is 21.8 Å². The summed E-state index contributed by atoms with van der Waals surface area (Å²) in [4.78, 5) is 10.4. The molecule has 2 aromatic rings. The average molecular weight is 260 g/mol. The van der Waals surface area contributed by atoms with Crippen molar-refractivity contribution in [3.63, 3.8) is 0 Å². The first kappa shape index (κ1) is 12.0. The van der Waals surface area contributed by atoms with Gasteiger partial charge in [-0.15, -0.1) is 0 Å². The minimum absolute atomic E-state index is 0.0708. The third-order valence-electron chi connectivity index (χ3n) is 3.86. The van der Waals surface area contributed by atoms with Gasteiger partial charge in [0.15, 0.2) is 11.5 Å². The van der Waals surface area contributed by atoms with Crippen LogP contribution in [0.1, 0.15) is 31.4 Å². The van der Waals surface area contributed by atoms with Crippen molar-refractivity contribution in [2.24, 2.45) is 5.92 Å². The highest BCUT2D eigenvalue weighted by atomic mass is 16.5. The van der Waals surface area contributed by atoms with Crippen LogP contribution in [0.2, 0.25) is 0 Å². The Hall–Kier alpha value is -2.04. The summed E-state index contributed by atoms with van der Waals surface area (Å²) in [6, 6.07) is 3.19. The average Bonchev–Trinajstić information content (AvgIpc) is 3.02. The number of nitrogens with one attached hydrogen (secondary N) is 1. The number of hydrogen-bond donors (Lipinski definition) is 2. The standard InChI is InChI=1S/C14H16N2O3/c17-8-19-14-6-10-11(5-9-3-1-2-4-9)15-16-12(10)7-13(14)18/h6-9,18H,1-5H2,(H,15,16). The van der Waals surface area contributed by atoms with Crippen molar-refractivity contribution in [1.82, 2.24) is 10.2 Å². The molecule has 1 aromatic heterocycles. The predicted octanol–water partition coefficient (Wildman–Crippen LogP) is 2.54. The summed E-state index contributed by atoms with van der Waals surface area (Å²) < 4.78 is 4.77. The Labute approximate surface area is 110 Å². The molecule has 1 saturated carbocycles. The number of nitrogens with zero attached hydrogens (tertiary/aromatic N) is 1. The second kappa shape index (κ2) is 4.91. The number of fused-ring (bicyclic) bond motifs is 1. The minimum Gasteiger partial charge on any atom is -0.504 e. The number of phenols is 1. The van der Waals surface area contributed by atoms with Crippen LogP contribution in [0.5, 0.6) is 11.5 Å². The molecule has 19 heavy (non-hydrogen) atoms. The van der Waals surface area contributed by atoms with Crippen molar-refractivity contribution >= 4 is 17.4 Å². The van der Waals surface area contributed by atoms with Crippen LogP contribution in [0.25, 0.3) is 10.9 Å². The van der Waals surface area contributed by atoms with Gasteiger partial charge in [0, 0.05) is 17.1 Å². The van der Waals surface area contributed by atoms with E-state index >= 15 is 0 Å². The Balaban J connectivity index is 1.95. The summed E-state index contributed by atoms with van der Waals surface area (Å²) in [7, 11) is 0. The van der Waals surface area contributed by atoms with E-state index in [2.05, 4.69) is 10.2 Å². The van der Waals surface area contributed by atoms with E-state index in [1.54, 1.807) is 6.07 Å². The van der Waals surface area contributed by atoms with Gasteiger partial charge in [-0.3, -0.25) is 9.89 Å². The Morgan fingerprint density at radius 3 is 2.95 bits per heavy atom. The highest BCUT2D eigenvalue weighted by molar-refractivity contribution is 5.85. The van der Waals surface area contributed by atoms with Crippen molar-refractivity contribution in [1.29, 1.82) is 0 Å². The van der Waals surface area contributed by atoms with E-state index < -0.39 is 0 Å². The summed E-state index contributed by atoms with van der Waals surface area (Å²) in [6.45, 7) is 0.317. The highest BCUT2D eigenvalue weighted by Crippen LogP contribution is 2.34. The SMILES string of the molecule is O=COc1cc2c(CC3CCCC3)[nH]nc2cc1O. The Morgan fingerprint density at radius 1 is 1.42 bits per heavy atom. The number of phenolic OH excluding ortho intramolecular Hbond substituents is 1. The maximum Gasteiger partial charge on any atom is 0.298 e. The van der Waals surface area contributed by atoms with E-state index in [-0.39, 0.29) is 11.5 Å². The molecule has 0 amide bonds. The molecule has 1 aliphatic rings. The number of aromatic nitrogens is 2. The second-order valence-electron chi connectivity index (χ2n) is 5.11. The number of carbonyl (C=O) groups is 1. The molecule has 0 saturated heterocycles. The monoisotopic (exact) mass is 260 g/mol. The number of ether oxygens (including phenoxy) is 1. The topological polar surface area (TPSA) is 75.2 Å². The molecule has 0 bridgehead atoms. The molecule has 1 aromatic carbocycles. The first-order valence-corrected chi connectivity index (χ1v) is 6.58. The maximum atomic E-state index is 10.4. The number of benzene rings is 1. The molecule has 5 heteroatoms.